The number of aromatic nitrogens is 2. The lowest BCUT2D eigenvalue weighted by atomic mass is 10.0. The number of hydrogen-bond donors (Lipinski definition) is 0. The summed E-state index contributed by atoms with van der Waals surface area (Å²) in [5, 5.41) is 0. The first-order valence-corrected chi connectivity index (χ1v) is 5.24. The zero-order valence-corrected chi connectivity index (χ0v) is 9.47. The lowest BCUT2D eigenvalue weighted by Crippen LogP contribution is -2.06. The average Bonchev–Trinajstić information content (AvgIpc) is 2.71. The fourth-order valence-corrected chi connectivity index (χ4v) is 1.84. The van der Waals surface area contributed by atoms with Crippen LogP contribution in [0.25, 0.3) is 0 Å². The molecule has 0 aliphatic carbocycles. The van der Waals surface area contributed by atoms with E-state index in [-0.39, 0.29) is 0 Å². The molecule has 82 valence electrons. The monoisotopic (exact) mass is 214 g/mol. The molecule has 3 heteroatoms. The first kappa shape index (κ1) is 10.6. The number of hydrogen-bond acceptors (Lipinski definition) is 2. The minimum Gasteiger partial charge on any atom is -0.324 e. The molecule has 0 radical (unpaired) electrons. The van der Waals surface area contributed by atoms with Gasteiger partial charge in [0.15, 0.2) is 12.1 Å². The Kier molecular flexibility index (Phi) is 2.86. The predicted molar refractivity (Wildman–Crippen MR) is 62.6 cm³/mol. The van der Waals surface area contributed by atoms with Gasteiger partial charge in [0.1, 0.15) is 0 Å². The number of carbonyl (C=O) groups excluding carboxylic acids is 1. The summed E-state index contributed by atoms with van der Waals surface area (Å²) in [6.45, 7) is 4.87. The Balaban J connectivity index is 2.37. The minimum absolute atomic E-state index is 0.475. The third kappa shape index (κ3) is 1.89. The summed E-state index contributed by atoms with van der Waals surface area (Å²) >= 11 is 0. The van der Waals surface area contributed by atoms with Crippen molar-refractivity contribution in [3.05, 3.63) is 53.1 Å². The molecular weight excluding hydrogens is 200 g/mol. The molecule has 2 rings (SSSR count). The van der Waals surface area contributed by atoms with E-state index < -0.39 is 0 Å². The number of rotatable bonds is 3. The Labute approximate surface area is 94.7 Å². The van der Waals surface area contributed by atoms with Crippen LogP contribution in [-0.2, 0) is 6.54 Å². The second kappa shape index (κ2) is 4.31. The molecule has 0 fully saturated rings. The largest absolute Gasteiger partial charge is 0.324 e. The number of aryl methyl sites for hydroxylation is 2. The quantitative estimate of drug-likeness (QED) is 0.735. The van der Waals surface area contributed by atoms with Crippen LogP contribution in [0.15, 0.2) is 30.6 Å². The van der Waals surface area contributed by atoms with Crippen molar-refractivity contribution in [1.82, 2.24) is 9.55 Å². The van der Waals surface area contributed by atoms with Gasteiger partial charge in [0.05, 0.1) is 0 Å². The van der Waals surface area contributed by atoms with Crippen molar-refractivity contribution in [2.45, 2.75) is 20.4 Å². The Morgan fingerprint density at radius 3 is 2.62 bits per heavy atom. The Morgan fingerprint density at radius 1 is 1.31 bits per heavy atom. The van der Waals surface area contributed by atoms with Crippen LogP contribution in [0.3, 0.4) is 0 Å². The van der Waals surface area contributed by atoms with Crippen LogP contribution in [0, 0.1) is 13.8 Å². The van der Waals surface area contributed by atoms with E-state index in [2.05, 4.69) is 31.0 Å². The van der Waals surface area contributed by atoms with Crippen molar-refractivity contribution in [3.8, 4) is 0 Å². The molecular formula is C13H14N2O. The van der Waals surface area contributed by atoms with Crippen LogP contribution in [0.5, 0.6) is 0 Å². The molecule has 0 bridgehead atoms. The predicted octanol–water partition coefficient (Wildman–Crippen LogP) is 2.36. The van der Waals surface area contributed by atoms with Crippen molar-refractivity contribution >= 4 is 6.29 Å². The molecule has 1 aromatic carbocycles. The first-order valence-electron chi connectivity index (χ1n) is 5.24. The van der Waals surface area contributed by atoms with Gasteiger partial charge in [-0.2, -0.15) is 0 Å². The van der Waals surface area contributed by atoms with Crippen molar-refractivity contribution < 1.29 is 4.79 Å². The van der Waals surface area contributed by atoms with Crippen LogP contribution in [0.4, 0.5) is 0 Å². The Bertz CT molecular complexity index is 494. The second-order valence-corrected chi connectivity index (χ2v) is 3.90. The molecule has 0 unspecified atom stereocenters. The fraction of sp³-hybridized carbons (Fsp3) is 0.231. The minimum atomic E-state index is 0.475. The molecule has 0 aliphatic rings. The third-order valence-corrected chi connectivity index (χ3v) is 2.83. The van der Waals surface area contributed by atoms with Gasteiger partial charge >= 0.3 is 0 Å². The van der Waals surface area contributed by atoms with Gasteiger partial charge in [-0.05, 0) is 30.5 Å². The summed E-state index contributed by atoms with van der Waals surface area (Å²) in [4.78, 5) is 14.8. The van der Waals surface area contributed by atoms with Crippen molar-refractivity contribution in [1.29, 1.82) is 0 Å². The van der Waals surface area contributed by atoms with Crippen molar-refractivity contribution in [2.24, 2.45) is 0 Å². The van der Waals surface area contributed by atoms with E-state index in [4.69, 9.17) is 0 Å². The number of aldehydes is 1. The summed E-state index contributed by atoms with van der Waals surface area (Å²) in [5.74, 6) is 0.475. The lowest BCUT2D eigenvalue weighted by molar-refractivity contribution is 0.111. The van der Waals surface area contributed by atoms with E-state index in [9.17, 15) is 4.79 Å². The number of carbonyl (C=O) groups is 1. The topological polar surface area (TPSA) is 34.9 Å². The van der Waals surface area contributed by atoms with Gasteiger partial charge in [0.2, 0.25) is 0 Å². The molecule has 0 amide bonds. The highest BCUT2D eigenvalue weighted by Crippen LogP contribution is 2.15. The Morgan fingerprint density at radius 2 is 2.00 bits per heavy atom. The lowest BCUT2D eigenvalue weighted by Gasteiger charge is -2.10. The molecule has 1 heterocycles. The maximum absolute atomic E-state index is 10.8. The van der Waals surface area contributed by atoms with Crippen molar-refractivity contribution in [2.75, 3.05) is 0 Å². The molecule has 0 N–H and O–H groups in total. The summed E-state index contributed by atoms with van der Waals surface area (Å²) in [6.07, 6.45) is 4.26. The van der Waals surface area contributed by atoms with E-state index in [1.807, 2.05) is 16.8 Å². The third-order valence-electron chi connectivity index (χ3n) is 2.83. The van der Waals surface area contributed by atoms with Crippen molar-refractivity contribution in [3.63, 3.8) is 0 Å². The van der Waals surface area contributed by atoms with Crippen LogP contribution >= 0.6 is 0 Å². The van der Waals surface area contributed by atoms with E-state index in [1.165, 1.54) is 16.7 Å². The smallest absolute Gasteiger partial charge is 0.185 e. The van der Waals surface area contributed by atoms with Gasteiger partial charge in [0, 0.05) is 18.9 Å². The van der Waals surface area contributed by atoms with Gasteiger partial charge in [-0.1, -0.05) is 18.2 Å². The van der Waals surface area contributed by atoms with E-state index >= 15 is 0 Å². The van der Waals surface area contributed by atoms with E-state index in [0.29, 0.717) is 12.4 Å². The molecule has 3 nitrogen and oxygen atoms in total. The summed E-state index contributed by atoms with van der Waals surface area (Å²) < 4.78 is 1.86. The maximum Gasteiger partial charge on any atom is 0.185 e. The second-order valence-electron chi connectivity index (χ2n) is 3.90. The van der Waals surface area contributed by atoms with Crippen LogP contribution < -0.4 is 0 Å². The Hall–Kier alpha value is -1.90. The van der Waals surface area contributed by atoms with Crippen LogP contribution in [0.2, 0.25) is 0 Å². The van der Waals surface area contributed by atoms with Gasteiger partial charge in [-0.15, -0.1) is 0 Å². The van der Waals surface area contributed by atoms with Crippen LogP contribution in [-0.4, -0.2) is 15.8 Å². The molecule has 1 aromatic heterocycles. The zero-order chi connectivity index (χ0) is 11.5. The SMILES string of the molecule is Cc1cccc(C)c1Cn1ccnc1C=O. The number of nitrogens with zero attached hydrogens (tertiary/aromatic N) is 2. The fourth-order valence-electron chi connectivity index (χ4n) is 1.84. The van der Waals surface area contributed by atoms with E-state index in [0.717, 1.165) is 6.29 Å². The first-order chi connectivity index (χ1) is 7.72. The molecule has 0 saturated heterocycles. The number of benzene rings is 1. The molecule has 16 heavy (non-hydrogen) atoms. The molecule has 0 aliphatic heterocycles. The summed E-state index contributed by atoms with van der Waals surface area (Å²) in [5.41, 5.74) is 3.74. The molecule has 0 saturated carbocycles. The van der Waals surface area contributed by atoms with Gasteiger partial charge in [-0.25, -0.2) is 4.98 Å². The zero-order valence-electron chi connectivity index (χ0n) is 9.47. The van der Waals surface area contributed by atoms with Gasteiger partial charge < -0.3 is 4.57 Å². The normalized spacial score (nSPS) is 10.4. The maximum atomic E-state index is 10.8. The average molecular weight is 214 g/mol. The number of imidazole rings is 1. The highest BCUT2D eigenvalue weighted by atomic mass is 16.1. The van der Waals surface area contributed by atoms with Crippen LogP contribution in [0.1, 0.15) is 27.3 Å². The summed E-state index contributed by atoms with van der Waals surface area (Å²) in [7, 11) is 0. The molecule has 0 atom stereocenters. The summed E-state index contributed by atoms with van der Waals surface area (Å²) in [6, 6.07) is 6.21. The standard InChI is InChI=1S/C13H14N2O/c1-10-4-3-5-11(2)12(10)8-15-7-6-14-13(15)9-16/h3-7,9H,8H2,1-2H3. The highest BCUT2D eigenvalue weighted by molar-refractivity contribution is 5.69. The van der Waals surface area contributed by atoms with Gasteiger partial charge in [0.25, 0.3) is 0 Å². The molecule has 2 aromatic rings. The van der Waals surface area contributed by atoms with E-state index in [1.54, 1.807) is 6.20 Å². The van der Waals surface area contributed by atoms with Gasteiger partial charge in [-0.3, -0.25) is 4.79 Å². The molecule has 0 spiro atoms. The highest BCUT2D eigenvalue weighted by Gasteiger charge is 2.06.